The van der Waals surface area contributed by atoms with Gasteiger partial charge in [0, 0.05) is 50.8 Å². The molecule has 0 aromatic heterocycles. The highest BCUT2D eigenvalue weighted by Gasteiger charge is 2.38. The Morgan fingerprint density at radius 1 is 0.906 bits per heavy atom. The van der Waals surface area contributed by atoms with Crippen LogP contribution in [0.25, 0.3) is 11.1 Å². The molecule has 7 heteroatoms. The Balaban J connectivity index is 1.50. The molecule has 0 saturated carbocycles. The Labute approximate surface area is 188 Å². The zero-order valence-electron chi connectivity index (χ0n) is 18.6. The van der Waals surface area contributed by atoms with Crippen molar-refractivity contribution in [2.75, 3.05) is 39.8 Å². The van der Waals surface area contributed by atoms with Crippen molar-refractivity contribution in [3.63, 3.8) is 0 Å². The number of ether oxygens (including phenoxy) is 1. The van der Waals surface area contributed by atoms with Gasteiger partial charge in [0.1, 0.15) is 11.8 Å². The summed E-state index contributed by atoms with van der Waals surface area (Å²) in [5, 5.41) is 0. The van der Waals surface area contributed by atoms with Crippen LogP contribution in [0.1, 0.15) is 30.1 Å². The lowest BCUT2D eigenvalue weighted by molar-refractivity contribution is -0.141. The molecular formula is C25H29N3O4. The van der Waals surface area contributed by atoms with Crippen molar-refractivity contribution in [1.82, 2.24) is 14.7 Å². The summed E-state index contributed by atoms with van der Waals surface area (Å²) in [6.45, 7) is 4.24. The first-order valence-electron chi connectivity index (χ1n) is 11.1. The quantitative estimate of drug-likeness (QED) is 0.740. The number of para-hydroxylation sites is 1. The summed E-state index contributed by atoms with van der Waals surface area (Å²) in [4.78, 5) is 43.4. The summed E-state index contributed by atoms with van der Waals surface area (Å²) in [5.74, 6) is 0.639. The topological polar surface area (TPSA) is 70.2 Å². The van der Waals surface area contributed by atoms with Crippen LogP contribution in [0.3, 0.4) is 0 Å². The SMILES string of the molecule is COc1ccccc1-c1cccc(C(=O)N2CCC[C@H]2C(=O)N2CCN(C(C)=O)CC2)c1. The fourth-order valence-corrected chi connectivity index (χ4v) is 4.59. The van der Waals surface area contributed by atoms with E-state index < -0.39 is 6.04 Å². The van der Waals surface area contributed by atoms with E-state index in [-0.39, 0.29) is 17.7 Å². The van der Waals surface area contributed by atoms with Crippen molar-refractivity contribution in [2.24, 2.45) is 0 Å². The maximum absolute atomic E-state index is 13.4. The minimum atomic E-state index is -0.443. The predicted molar refractivity (Wildman–Crippen MR) is 121 cm³/mol. The number of benzene rings is 2. The monoisotopic (exact) mass is 435 g/mol. The lowest BCUT2D eigenvalue weighted by atomic mass is 10.0. The van der Waals surface area contributed by atoms with Gasteiger partial charge < -0.3 is 19.4 Å². The molecule has 0 aliphatic carbocycles. The van der Waals surface area contributed by atoms with Crippen LogP contribution in [-0.4, -0.2) is 78.3 Å². The number of hydrogen-bond acceptors (Lipinski definition) is 4. The van der Waals surface area contributed by atoms with Crippen molar-refractivity contribution >= 4 is 17.7 Å². The van der Waals surface area contributed by atoms with E-state index >= 15 is 0 Å². The molecule has 1 atom stereocenters. The van der Waals surface area contributed by atoms with E-state index in [4.69, 9.17) is 4.74 Å². The van der Waals surface area contributed by atoms with Gasteiger partial charge >= 0.3 is 0 Å². The van der Waals surface area contributed by atoms with E-state index in [1.807, 2.05) is 42.5 Å². The van der Waals surface area contributed by atoms with Crippen molar-refractivity contribution in [3.05, 3.63) is 54.1 Å². The third kappa shape index (κ3) is 4.33. The molecule has 2 aromatic rings. The molecule has 0 spiro atoms. The molecule has 168 valence electrons. The van der Waals surface area contributed by atoms with Crippen molar-refractivity contribution in [1.29, 1.82) is 0 Å². The molecule has 0 bridgehead atoms. The third-order valence-corrected chi connectivity index (χ3v) is 6.36. The zero-order chi connectivity index (χ0) is 22.7. The Morgan fingerprint density at radius 3 is 2.34 bits per heavy atom. The average molecular weight is 436 g/mol. The van der Waals surface area contributed by atoms with Crippen LogP contribution in [0.2, 0.25) is 0 Å². The number of rotatable bonds is 4. The highest BCUT2D eigenvalue weighted by atomic mass is 16.5. The lowest BCUT2D eigenvalue weighted by Crippen LogP contribution is -2.55. The lowest BCUT2D eigenvalue weighted by Gasteiger charge is -2.37. The number of hydrogen-bond donors (Lipinski definition) is 0. The van der Waals surface area contributed by atoms with Gasteiger partial charge in [-0.3, -0.25) is 14.4 Å². The third-order valence-electron chi connectivity index (χ3n) is 6.36. The van der Waals surface area contributed by atoms with E-state index in [0.29, 0.717) is 44.7 Å². The number of nitrogens with zero attached hydrogens (tertiary/aromatic N) is 3. The first-order chi connectivity index (χ1) is 15.5. The highest BCUT2D eigenvalue weighted by Crippen LogP contribution is 2.31. The van der Waals surface area contributed by atoms with Crippen molar-refractivity contribution < 1.29 is 19.1 Å². The summed E-state index contributed by atoms with van der Waals surface area (Å²) in [5.41, 5.74) is 2.38. The number of piperazine rings is 1. The Kier molecular flexibility index (Phi) is 6.44. The number of likely N-dealkylation sites (tertiary alicyclic amines) is 1. The van der Waals surface area contributed by atoms with Gasteiger partial charge in [-0.15, -0.1) is 0 Å². The van der Waals surface area contributed by atoms with Gasteiger partial charge in [0.2, 0.25) is 11.8 Å². The van der Waals surface area contributed by atoms with Gasteiger partial charge in [-0.05, 0) is 36.6 Å². The normalized spacial score (nSPS) is 18.6. The molecule has 4 rings (SSSR count). The second-order valence-electron chi connectivity index (χ2n) is 8.27. The second-order valence-corrected chi connectivity index (χ2v) is 8.27. The minimum absolute atomic E-state index is 0.0139. The summed E-state index contributed by atoms with van der Waals surface area (Å²) >= 11 is 0. The Hall–Kier alpha value is -3.35. The molecule has 2 fully saturated rings. The van der Waals surface area contributed by atoms with Crippen LogP contribution < -0.4 is 4.74 Å². The molecule has 0 N–H and O–H groups in total. The van der Waals surface area contributed by atoms with Gasteiger partial charge in [0.15, 0.2) is 0 Å². The van der Waals surface area contributed by atoms with Gasteiger partial charge in [0.05, 0.1) is 7.11 Å². The summed E-state index contributed by atoms with van der Waals surface area (Å²) in [6.07, 6.45) is 1.48. The smallest absolute Gasteiger partial charge is 0.254 e. The molecule has 2 saturated heterocycles. The van der Waals surface area contributed by atoms with Crippen LogP contribution in [0, 0.1) is 0 Å². The maximum atomic E-state index is 13.4. The summed E-state index contributed by atoms with van der Waals surface area (Å²) in [7, 11) is 1.63. The number of methoxy groups -OCH3 is 1. The minimum Gasteiger partial charge on any atom is -0.496 e. The highest BCUT2D eigenvalue weighted by molar-refractivity contribution is 5.99. The van der Waals surface area contributed by atoms with Crippen LogP contribution in [0.5, 0.6) is 5.75 Å². The van der Waals surface area contributed by atoms with E-state index in [9.17, 15) is 14.4 Å². The fourth-order valence-electron chi connectivity index (χ4n) is 4.59. The molecule has 0 radical (unpaired) electrons. The molecule has 7 nitrogen and oxygen atoms in total. The molecule has 2 aliphatic heterocycles. The molecule has 2 aliphatic rings. The average Bonchev–Trinajstić information content (AvgIpc) is 3.33. The summed E-state index contributed by atoms with van der Waals surface area (Å²) < 4.78 is 5.47. The Morgan fingerprint density at radius 2 is 1.62 bits per heavy atom. The molecule has 2 heterocycles. The molecule has 3 amide bonds. The predicted octanol–water partition coefficient (Wildman–Crippen LogP) is 2.66. The van der Waals surface area contributed by atoms with Gasteiger partial charge in [-0.25, -0.2) is 0 Å². The number of amides is 3. The van der Waals surface area contributed by atoms with Crippen molar-refractivity contribution in [3.8, 4) is 16.9 Å². The van der Waals surface area contributed by atoms with Crippen LogP contribution in [0.4, 0.5) is 0 Å². The fraction of sp³-hybridized carbons (Fsp3) is 0.400. The van der Waals surface area contributed by atoms with Crippen LogP contribution >= 0.6 is 0 Å². The summed E-state index contributed by atoms with van der Waals surface area (Å²) in [6, 6.07) is 14.7. The maximum Gasteiger partial charge on any atom is 0.254 e. The standard InChI is InChI=1S/C25H29N3O4/c1-18(29)26-13-15-27(16-14-26)25(31)22-10-6-12-28(22)24(30)20-8-5-7-19(17-20)21-9-3-4-11-23(21)32-2/h3-5,7-9,11,17,22H,6,10,12-16H2,1-2H3/t22-/m0/s1. The largest absolute Gasteiger partial charge is 0.496 e. The van der Waals surface area contributed by atoms with E-state index in [2.05, 4.69) is 0 Å². The van der Waals surface area contributed by atoms with E-state index in [1.165, 1.54) is 0 Å². The first-order valence-corrected chi connectivity index (χ1v) is 11.1. The Bertz CT molecular complexity index is 1010. The molecule has 0 unspecified atom stereocenters. The van der Waals surface area contributed by atoms with Gasteiger partial charge in [-0.1, -0.05) is 30.3 Å². The first kappa shape index (κ1) is 21.9. The van der Waals surface area contributed by atoms with Gasteiger partial charge in [-0.2, -0.15) is 0 Å². The van der Waals surface area contributed by atoms with Crippen LogP contribution in [-0.2, 0) is 9.59 Å². The molecule has 2 aromatic carbocycles. The van der Waals surface area contributed by atoms with E-state index in [1.54, 1.807) is 34.8 Å². The molecule has 32 heavy (non-hydrogen) atoms. The molecular weight excluding hydrogens is 406 g/mol. The second kappa shape index (κ2) is 9.42. The van der Waals surface area contributed by atoms with E-state index in [0.717, 1.165) is 23.3 Å². The van der Waals surface area contributed by atoms with Crippen LogP contribution in [0.15, 0.2) is 48.5 Å². The van der Waals surface area contributed by atoms with Crippen molar-refractivity contribution in [2.45, 2.75) is 25.8 Å². The number of carbonyl (C=O) groups is 3. The number of carbonyl (C=O) groups excluding carboxylic acids is 3. The zero-order valence-corrected chi connectivity index (χ0v) is 18.6. The van der Waals surface area contributed by atoms with Gasteiger partial charge in [0.25, 0.3) is 5.91 Å².